The number of carbonyl (C=O) groups is 1. The number of nitrogens with zero attached hydrogens (tertiary/aromatic N) is 2. The first kappa shape index (κ1) is 23.7. The number of nitrogens with one attached hydrogen (secondary N) is 1. The predicted molar refractivity (Wildman–Crippen MR) is 116 cm³/mol. The largest absolute Gasteiger partial charge is 0.494 e. The standard InChI is InChI=1S/C23H23F2N3O5/c1-31-18-10-19(32-2)22(25)17(21(18)24)13-33-16-11-26-23(27-12-16)28-15-8-6-14(7-9-15)4-3-5-20(29)30/h6-12H,3-5,13H2,1-2H3,(H,29,30)(H,26,27,28). The number of ether oxygens (including phenoxy) is 3. The fourth-order valence-electron chi connectivity index (χ4n) is 3.00. The number of hydrogen-bond donors (Lipinski definition) is 2. The number of aliphatic carboxylic acids is 1. The van der Waals surface area contributed by atoms with Crippen molar-refractivity contribution in [2.75, 3.05) is 19.5 Å². The van der Waals surface area contributed by atoms with E-state index in [-0.39, 0.29) is 29.2 Å². The minimum absolute atomic E-state index is 0.132. The zero-order valence-corrected chi connectivity index (χ0v) is 18.1. The molecule has 0 amide bonds. The molecule has 0 spiro atoms. The molecule has 1 aromatic heterocycles. The van der Waals surface area contributed by atoms with Crippen molar-refractivity contribution in [1.29, 1.82) is 0 Å². The third kappa shape index (κ3) is 6.28. The molecule has 0 bridgehead atoms. The van der Waals surface area contributed by atoms with Gasteiger partial charge in [-0.1, -0.05) is 12.1 Å². The van der Waals surface area contributed by atoms with Crippen molar-refractivity contribution in [2.45, 2.75) is 25.9 Å². The molecule has 0 radical (unpaired) electrons. The summed E-state index contributed by atoms with van der Waals surface area (Å²) < 4.78 is 44.1. The quantitative estimate of drug-likeness (QED) is 0.432. The number of aryl methyl sites for hydroxylation is 1. The zero-order chi connectivity index (χ0) is 23.8. The molecule has 0 saturated heterocycles. The number of aromatic nitrogens is 2. The van der Waals surface area contributed by atoms with Crippen LogP contribution in [-0.2, 0) is 17.8 Å². The first-order valence-electron chi connectivity index (χ1n) is 10.0. The van der Waals surface area contributed by atoms with Crippen LogP contribution in [-0.4, -0.2) is 35.3 Å². The fourth-order valence-corrected chi connectivity index (χ4v) is 3.00. The van der Waals surface area contributed by atoms with Gasteiger partial charge in [-0.3, -0.25) is 4.79 Å². The molecule has 0 atom stereocenters. The van der Waals surface area contributed by atoms with Gasteiger partial charge in [0.15, 0.2) is 28.9 Å². The van der Waals surface area contributed by atoms with E-state index in [1.54, 1.807) is 0 Å². The molecule has 3 rings (SSSR count). The normalized spacial score (nSPS) is 10.5. The van der Waals surface area contributed by atoms with Crippen LogP contribution in [0.4, 0.5) is 20.4 Å². The number of anilines is 2. The van der Waals surface area contributed by atoms with Crippen molar-refractivity contribution in [3.05, 3.63) is 65.5 Å². The molecule has 0 aliphatic heterocycles. The molecular formula is C23H23F2N3O5. The van der Waals surface area contributed by atoms with Crippen LogP contribution in [0.3, 0.4) is 0 Å². The second-order valence-electron chi connectivity index (χ2n) is 6.99. The molecule has 8 nitrogen and oxygen atoms in total. The number of carboxylic acids is 1. The SMILES string of the molecule is COc1cc(OC)c(F)c(COc2cnc(Nc3ccc(CCCC(=O)O)cc3)nc2)c1F. The summed E-state index contributed by atoms with van der Waals surface area (Å²) in [5.74, 6) is -2.35. The van der Waals surface area contributed by atoms with Crippen LogP contribution in [0, 0.1) is 11.6 Å². The van der Waals surface area contributed by atoms with Crippen molar-refractivity contribution >= 4 is 17.6 Å². The highest BCUT2D eigenvalue weighted by atomic mass is 19.1. The number of carboxylic acid groups (broad SMARTS) is 1. The molecule has 10 heteroatoms. The summed E-state index contributed by atoms with van der Waals surface area (Å²) in [5, 5.41) is 11.7. The Bertz CT molecular complexity index is 1060. The Balaban J connectivity index is 1.59. The van der Waals surface area contributed by atoms with Gasteiger partial charge in [-0.25, -0.2) is 18.7 Å². The van der Waals surface area contributed by atoms with Gasteiger partial charge in [0.2, 0.25) is 5.95 Å². The molecule has 0 fully saturated rings. The topological polar surface area (TPSA) is 103 Å². The maximum Gasteiger partial charge on any atom is 0.303 e. The van der Waals surface area contributed by atoms with E-state index < -0.39 is 24.2 Å². The number of hydrogen-bond acceptors (Lipinski definition) is 7. The van der Waals surface area contributed by atoms with Crippen LogP contribution in [0.1, 0.15) is 24.0 Å². The number of rotatable bonds is 11. The van der Waals surface area contributed by atoms with Gasteiger partial charge in [0.25, 0.3) is 0 Å². The van der Waals surface area contributed by atoms with E-state index in [4.69, 9.17) is 19.3 Å². The number of benzene rings is 2. The summed E-state index contributed by atoms with van der Waals surface area (Å²) in [7, 11) is 2.54. The lowest BCUT2D eigenvalue weighted by Crippen LogP contribution is -2.06. The summed E-state index contributed by atoms with van der Waals surface area (Å²) in [6.45, 7) is -0.412. The third-order valence-corrected chi connectivity index (χ3v) is 4.74. The van der Waals surface area contributed by atoms with Gasteiger partial charge < -0.3 is 24.6 Å². The lowest BCUT2D eigenvalue weighted by molar-refractivity contribution is -0.137. The second-order valence-corrected chi connectivity index (χ2v) is 6.99. The van der Waals surface area contributed by atoms with E-state index in [0.29, 0.717) is 18.8 Å². The molecular weight excluding hydrogens is 436 g/mol. The molecule has 2 N–H and O–H groups in total. The van der Waals surface area contributed by atoms with E-state index in [9.17, 15) is 13.6 Å². The van der Waals surface area contributed by atoms with Crippen molar-refractivity contribution in [2.24, 2.45) is 0 Å². The minimum Gasteiger partial charge on any atom is -0.494 e. The molecule has 33 heavy (non-hydrogen) atoms. The van der Waals surface area contributed by atoms with Crippen molar-refractivity contribution < 1.29 is 32.9 Å². The Labute approximate surface area is 189 Å². The molecule has 2 aromatic carbocycles. The lowest BCUT2D eigenvalue weighted by Gasteiger charge is -2.13. The summed E-state index contributed by atoms with van der Waals surface area (Å²) in [5.41, 5.74) is 1.44. The van der Waals surface area contributed by atoms with Crippen molar-refractivity contribution in [3.8, 4) is 17.2 Å². The number of halogens is 2. The molecule has 0 aliphatic carbocycles. The van der Waals surface area contributed by atoms with Crippen LogP contribution in [0.15, 0.2) is 42.7 Å². The van der Waals surface area contributed by atoms with Gasteiger partial charge in [0.05, 0.1) is 32.2 Å². The maximum atomic E-state index is 14.4. The van der Waals surface area contributed by atoms with Gasteiger partial charge in [0.1, 0.15) is 6.61 Å². The predicted octanol–water partition coefficient (Wildman–Crippen LogP) is 4.50. The van der Waals surface area contributed by atoms with E-state index in [0.717, 1.165) is 17.3 Å². The first-order valence-corrected chi connectivity index (χ1v) is 10.0. The summed E-state index contributed by atoms with van der Waals surface area (Å²) in [6.07, 6.45) is 4.14. The van der Waals surface area contributed by atoms with Crippen LogP contribution in [0.25, 0.3) is 0 Å². The molecule has 1 heterocycles. The van der Waals surface area contributed by atoms with Crippen LogP contribution in [0.2, 0.25) is 0 Å². The Morgan fingerprint density at radius 2 is 1.64 bits per heavy atom. The fraction of sp³-hybridized carbons (Fsp3) is 0.261. The molecule has 0 saturated carbocycles. The molecule has 174 valence electrons. The molecule has 0 unspecified atom stereocenters. The Morgan fingerprint density at radius 1 is 1.03 bits per heavy atom. The number of methoxy groups -OCH3 is 2. The van der Waals surface area contributed by atoms with Gasteiger partial charge >= 0.3 is 5.97 Å². The van der Waals surface area contributed by atoms with E-state index in [1.807, 2.05) is 24.3 Å². The Morgan fingerprint density at radius 3 is 2.18 bits per heavy atom. The van der Waals surface area contributed by atoms with Crippen LogP contribution in [0.5, 0.6) is 17.2 Å². The highest BCUT2D eigenvalue weighted by Gasteiger charge is 2.20. The zero-order valence-electron chi connectivity index (χ0n) is 18.1. The highest BCUT2D eigenvalue weighted by Crippen LogP contribution is 2.32. The van der Waals surface area contributed by atoms with Gasteiger partial charge in [-0.15, -0.1) is 0 Å². The van der Waals surface area contributed by atoms with Crippen LogP contribution < -0.4 is 19.5 Å². The maximum absolute atomic E-state index is 14.4. The lowest BCUT2D eigenvalue weighted by atomic mass is 10.1. The third-order valence-electron chi connectivity index (χ3n) is 4.74. The van der Waals surface area contributed by atoms with Crippen LogP contribution >= 0.6 is 0 Å². The van der Waals surface area contributed by atoms with E-state index in [2.05, 4.69) is 15.3 Å². The Kier molecular flexibility index (Phi) is 7.96. The first-order chi connectivity index (χ1) is 15.9. The van der Waals surface area contributed by atoms with Gasteiger partial charge in [-0.2, -0.15) is 0 Å². The van der Waals surface area contributed by atoms with E-state index >= 15 is 0 Å². The Hall–Kier alpha value is -3.95. The van der Waals surface area contributed by atoms with Gasteiger partial charge in [0, 0.05) is 18.2 Å². The minimum atomic E-state index is -0.874. The van der Waals surface area contributed by atoms with Crippen molar-refractivity contribution in [1.82, 2.24) is 9.97 Å². The van der Waals surface area contributed by atoms with Crippen molar-refractivity contribution in [3.63, 3.8) is 0 Å². The molecule has 3 aromatic rings. The average molecular weight is 459 g/mol. The highest BCUT2D eigenvalue weighted by molar-refractivity contribution is 5.66. The summed E-state index contributed by atoms with van der Waals surface area (Å²) in [4.78, 5) is 18.9. The monoisotopic (exact) mass is 459 g/mol. The average Bonchev–Trinajstić information content (AvgIpc) is 2.81. The van der Waals surface area contributed by atoms with E-state index in [1.165, 1.54) is 26.6 Å². The van der Waals surface area contributed by atoms with Gasteiger partial charge in [-0.05, 0) is 30.5 Å². The smallest absolute Gasteiger partial charge is 0.303 e. The molecule has 0 aliphatic rings. The summed E-state index contributed by atoms with van der Waals surface area (Å²) in [6, 6.07) is 8.60. The summed E-state index contributed by atoms with van der Waals surface area (Å²) >= 11 is 0. The second kappa shape index (κ2) is 11.1.